The number of hydrogen-bond donors (Lipinski definition) is 2. The van der Waals surface area contributed by atoms with Gasteiger partial charge in [0.15, 0.2) is 5.82 Å². The SMILES string of the molecule is CCCO[C@H]1C[C@@H](C(=O)NCc2nnc3n2CCC3)CC[C@@H]1N. The Kier molecular flexibility index (Phi) is 5.27. The van der Waals surface area contributed by atoms with Gasteiger partial charge in [0, 0.05) is 31.5 Å². The molecule has 7 nitrogen and oxygen atoms in total. The van der Waals surface area contributed by atoms with E-state index in [0.717, 1.165) is 50.3 Å². The number of amides is 1. The Morgan fingerprint density at radius 2 is 2.30 bits per heavy atom. The molecule has 0 spiro atoms. The van der Waals surface area contributed by atoms with Crippen LogP contribution in [-0.4, -0.2) is 39.4 Å². The average molecular weight is 321 g/mol. The molecule has 128 valence electrons. The number of fused-ring (bicyclic) bond motifs is 1. The molecule has 1 amide bonds. The number of nitrogens with two attached hydrogens (primary N) is 1. The van der Waals surface area contributed by atoms with Gasteiger partial charge in [0.25, 0.3) is 0 Å². The minimum atomic E-state index is -0.0161. The van der Waals surface area contributed by atoms with Gasteiger partial charge in [-0.2, -0.15) is 0 Å². The highest BCUT2D eigenvalue weighted by Gasteiger charge is 2.32. The zero-order chi connectivity index (χ0) is 16.2. The summed E-state index contributed by atoms with van der Waals surface area (Å²) in [6.07, 6.45) is 5.45. The Bertz CT molecular complexity index is 545. The third-order valence-electron chi connectivity index (χ3n) is 4.86. The van der Waals surface area contributed by atoms with E-state index in [1.165, 1.54) is 0 Å². The van der Waals surface area contributed by atoms with E-state index in [1.807, 2.05) is 0 Å². The molecule has 0 saturated heterocycles. The van der Waals surface area contributed by atoms with E-state index in [-0.39, 0.29) is 24.0 Å². The Hall–Kier alpha value is -1.47. The molecule has 2 heterocycles. The Morgan fingerprint density at radius 1 is 1.43 bits per heavy atom. The van der Waals surface area contributed by atoms with Crippen molar-refractivity contribution >= 4 is 5.91 Å². The van der Waals surface area contributed by atoms with Crippen molar-refractivity contribution in [2.45, 2.75) is 70.7 Å². The molecule has 3 rings (SSSR count). The van der Waals surface area contributed by atoms with Gasteiger partial charge >= 0.3 is 0 Å². The van der Waals surface area contributed by atoms with Crippen LogP contribution in [0.5, 0.6) is 0 Å². The van der Waals surface area contributed by atoms with Crippen molar-refractivity contribution in [1.82, 2.24) is 20.1 Å². The third-order valence-corrected chi connectivity index (χ3v) is 4.86. The zero-order valence-corrected chi connectivity index (χ0v) is 13.8. The minimum absolute atomic E-state index is 0.00297. The third kappa shape index (κ3) is 3.72. The standard InChI is InChI=1S/C16H27N5O2/c1-2-8-23-13-9-11(5-6-12(13)17)16(22)18-10-15-20-19-14-4-3-7-21(14)15/h11-13H,2-10,17H2,1H3,(H,18,22)/t11-,12-,13-/m0/s1. The lowest BCUT2D eigenvalue weighted by Crippen LogP contribution is -2.45. The Morgan fingerprint density at radius 3 is 3.13 bits per heavy atom. The molecule has 0 aromatic carbocycles. The zero-order valence-electron chi connectivity index (χ0n) is 13.8. The first-order chi connectivity index (χ1) is 11.2. The normalized spacial score (nSPS) is 27.0. The summed E-state index contributed by atoms with van der Waals surface area (Å²) in [7, 11) is 0. The van der Waals surface area contributed by atoms with Gasteiger partial charge < -0.3 is 20.4 Å². The van der Waals surface area contributed by atoms with E-state index in [0.29, 0.717) is 19.6 Å². The Labute approximate surface area is 137 Å². The maximum absolute atomic E-state index is 12.5. The first-order valence-electron chi connectivity index (χ1n) is 8.75. The molecule has 1 saturated carbocycles. The molecule has 3 N–H and O–H groups in total. The van der Waals surface area contributed by atoms with Crippen molar-refractivity contribution < 1.29 is 9.53 Å². The van der Waals surface area contributed by atoms with Crippen LogP contribution in [0.15, 0.2) is 0 Å². The van der Waals surface area contributed by atoms with Crippen LogP contribution in [0.4, 0.5) is 0 Å². The minimum Gasteiger partial charge on any atom is -0.377 e. The van der Waals surface area contributed by atoms with E-state index in [2.05, 4.69) is 27.0 Å². The summed E-state index contributed by atoms with van der Waals surface area (Å²) in [4.78, 5) is 12.5. The van der Waals surface area contributed by atoms with Crippen molar-refractivity contribution in [3.8, 4) is 0 Å². The maximum Gasteiger partial charge on any atom is 0.223 e. The summed E-state index contributed by atoms with van der Waals surface area (Å²) < 4.78 is 7.92. The summed E-state index contributed by atoms with van der Waals surface area (Å²) in [5.74, 6) is 1.96. The number of ether oxygens (including phenoxy) is 1. The maximum atomic E-state index is 12.5. The number of hydrogen-bond acceptors (Lipinski definition) is 5. The predicted octanol–water partition coefficient (Wildman–Crippen LogP) is 0.763. The molecule has 3 atom stereocenters. The molecule has 2 aliphatic rings. The first-order valence-corrected chi connectivity index (χ1v) is 8.75. The summed E-state index contributed by atoms with van der Waals surface area (Å²) in [5.41, 5.74) is 6.12. The molecule has 0 radical (unpaired) electrons. The number of carbonyl (C=O) groups is 1. The van der Waals surface area contributed by atoms with Gasteiger partial charge in [0.05, 0.1) is 12.6 Å². The highest BCUT2D eigenvalue weighted by atomic mass is 16.5. The van der Waals surface area contributed by atoms with E-state index in [9.17, 15) is 4.79 Å². The number of nitrogens with zero attached hydrogens (tertiary/aromatic N) is 3. The lowest BCUT2D eigenvalue weighted by molar-refractivity contribution is -0.128. The van der Waals surface area contributed by atoms with Gasteiger partial charge in [-0.25, -0.2) is 0 Å². The fourth-order valence-corrected chi connectivity index (χ4v) is 3.50. The molecule has 0 unspecified atom stereocenters. The smallest absolute Gasteiger partial charge is 0.223 e. The van der Waals surface area contributed by atoms with Crippen LogP contribution in [0.3, 0.4) is 0 Å². The number of nitrogens with one attached hydrogen (secondary N) is 1. The van der Waals surface area contributed by atoms with Crippen LogP contribution >= 0.6 is 0 Å². The molecule has 1 aromatic rings. The lowest BCUT2D eigenvalue weighted by Gasteiger charge is -2.33. The number of rotatable bonds is 6. The van der Waals surface area contributed by atoms with Crippen LogP contribution in [0.25, 0.3) is 0 Å². The highest BCUT2D eigenvalue weighted by Crippen LogP contribution is 2.26. The fourth-order valence-electron chi connectivity index (χ4n) is 3.50. The molecule has 1 aliphatic heterocycles. The summed E-state index contributed by atoms with van der Waals surface area (Å²) >= 11 is 0. The largest absolute Gasteiger partial charge is 0.377 e. The topological polar surface area (TPSA) is 95.1 Å². The van der Waals surface area contributed by atoms with Crippen molar-refractivity contribution in [3.63, 3.8) is 0 Å². The molecule has 7 heteroatoms. The molecule has 1 aromatic heterocycles. The number of carbonyl (C=O) groups excluding carboxylic acids is 1. The van der Waals surface area contributed by atoms with Crippen molar-refractivity contribution in [1.29, 1.82) is 0 Å². The van der Waals surface area contributed by atoms with Gasteiger partial charge in [-0.05, 0) is 32.1 Å². The summed E-state index contributed by atoms with van der Waals surface area (Å²) in [6, 6.07) is 0.0466. The van der Waals surface area contributed by atoms with Gasteiger partial charge in [-0.1, -0.05) is 6.92 Å². The lowest BCUT2D eigenvalue weighted by atomic mass is 9.83. The van der Waals surface area contributed by atoms with Crippen LogP contribution in [0.2, 0.25) is 0 Å². The summed E-state index contributed by atoms with van der Waals surface area (Å²) in [5, 5.41) is 11.4. The van der Waals surface area contributed by atoms with Crippen molar-refractivity contribution in [2.24, 2.45) is 11.7 Å². The fraction of sp³-hybridized carbons (Fsp3) is 0.812. The molecule has 23 heavy (non-hydrogen) atoms. The van der Waals surface area contributed by atoms with Gasteiger partial charge in [-0.3, -0.25) is 4.79 Å². The van der Waals surface area contributed by atoms with Crippen LogP contribution in [0, 0.1) is 5.92 Å². The average Bonchev–Trinajstić information content (AvgIpc) is 3.15. The molecule has 1 fully saturated rings. The van der Waals surface area contributed by atoms with Crippen molar-refractivity contribution in [2.75, 3.05) is 6.61 Å². The van der Waals surface area contributed by atoms with Gasteiger partial charge in [0.2, 0.25) is 5.91 Å². The first kappa shape index (κ1) is 16.4. The van der Waals surface area contributed by atoms with Gasteiger partial charge in [0.1, 0.15) is 5.82 Å². The molecule has 0 bridgehead atoms. The number of aromatic nitrogens is 3. The Balaban J connectivity index is 1.51. The highest BCUT2D eigenvalue weighted by molar-refractivity contribution is 5.78. The van der Waals surface area contributed by atoms with E-state index >= 15 is 0 Å². The predicted molar refractivity (Wildman–Crippen MR) is 85.5 cm³/mol. The second-order valence-corrected chi connectivity index (χ2v) is 6.59. The van der Waals surface area contributed by atoms with Crippen molar-refractivity contribution in [3.05, 3.63) is 11.6 Å². The van der Waals surface area contributed by atoms with E-state index in [4.69, 9.17) is 10.5 Å². The monoisotopic (exact) mass is 321 g/mol. The second kappa shape index (κ2) is 7.40. The van der Waals surface area contributed by atoms with Crippen LogP contribution in [-0.2, 0) is 29.0 Å². The van der Waals surface area contributed by atoms with E-state index < -0.39 is 0 Å². The number of aryl methyl sites for hydroxylation is 1. The van der Waals surface area contributed by atoms with Gasteiger partial charge in [-0.15, -0.1) is 10.2 Å². The molecular formula is C16H27N5O2. The summed E-state index contributed by atoms with van der Waals surface area (Å²) in [6.45, 7) is 4.20. The second-order valence-electron chi connectivity index (χ2n) is 6.59. The molecular weight excluding hydrogens is 294 g/mol. The van der Waals surface area contributed by atoms with Crippen LogP contribution in [0.1, 0.15) is 50.7 Å². The molecule has 1 aliphatic carbocycles. The van der Waals surface area contributed by atoms with Crippen LogP contribution < -0.4 is 11.1 Å². The van der Waals surface area contributed by atoms with E-state index in [1.54, 1.807) is 0 Å². The quantitative estimate of drug-likeness (QED) is 0.807.